The number of nitrogens with one attached hydrogen (secondary N) is 3. The SMILES string of the molecule is O=C(O)CCc1ccc(S(=O)(=O)Nc2ccc(C(=O)N/N=C3\C(=O)Nc4ccc(I)cc43)cc2)cc1. The molecule has 3 aromatic carbocycles. The standard InChI is InChI=1S/C24H19IN4O6S/c25-16-6-11-20-19(13-16)22(24(33)26-20)27-28-23(32)15-4-7-17(8-5-15)29-36(34,35)18-9-1-14(2-10-18)3-12-21(30)31/h1-2,4-11,13,29H,3,12H2,(H,28,32)(H,30,31)(H,26,27,33). The summed E-state index contributed by atoms with van der Waals surface area (Å²) in [7, 11) is -3.89. The molecule has 1 aliphatic heterocycles. The monoisotopic (exact) mass is 618 g/mol. The number of benzene rings is 3. The van der Waals surface area contributed by atoms with E-state index in [0.29, 0.717) is 23.2 Å². The van der Waals surface area contributed by atoms with Crippen molar-refractivity contribution in [3.8, 4) is 0 Å². The summed E-state index contributed by atoms with van der Waals surface area (Å²) in [4.78, 5) is 35.4. The Labute approximate surface area is 220 Å². The molecule has 0 bridgehead atoms. The second-order valence-electron chi connectivity index (χ2n) is 7.77. The molecule has 0 aromatic heterocycles. The van der Waals surface area contributed by atoms with Crippen LogP contribution in [0.25, 0.3) is 0 Å². The molecule has 36 heavy (non-hydrogen) atoms. The number of fused-ring (bicyclic) bond motifs is 1. The van der Waals surface area contributed by atoms with Crippen LogP contribution in [-0.2, 0) is 26.0 Å². The highest BCUT2D eigenvalue weighted by atomic mass is 127. The third-order valence-corrected chi connectivity index (χ3v) is 7.30. The first kappa shape index (κ1) is 25.3. The Morgan fingerprint density at radius 1 is 1.00 bits per heavy atom. The highest BCUT2D eigenvalue weighted by Crippen LogP contribution is 2.25. The van der Waals surface area contributed by atoms with Crippen molar-refractivity contribution in [3.05, 3.63) is 87.0 Å². The van der Waals surface area contributed by atoms with Crippen molar-refractivity contribution in [1.82, 2.24) is 5.43 Å². The molecule has 0 fully saturated rings. The average molecular weight is 618 g/mol. The summed E-state index contributed by atoms with van der Waals surface area (Å²) in [5.74, 6) is -1.92. The molecule has 12 heteroatoms. The zero-order valence-corrected chi connectivity index (χ0v) is 21.5. The van der Waals surface area contributed by atoms with E-state index in [1.165, 1.54) is 36.4 Å². The van der Waals surface area contributed by atoms with Crippen molar-refractivity contribution in [3.63, 3.8) is 0 Å². The molecule has 0 saturated heterocycles. The predicted octanol–water partition coefficient (Wildman–Crippen LogP) is 3.20. The maximum Gasteiger partial charge on any atom is 0.303 e. The second kappa shape index (κ2) is 10.5. The van der Waals surface area contributed by atoms with Gasteiger partial charge in [0.25, 0.3) is 21.8 Å². The average Bonchev–Trinajstić information content (AvgIpc) is 3.15. The summed E-state index contributed by atoms with van der Waals surface area (Å²) in [6.07, 6.45) is 0.255. The number of sulfonamides is 1. The first-order valence-corrected chi connectivity index (χ1v) is 13.1. The largest absolute Gasteiger partial charge is 0.481 e. The van der Waals surface area contributed by atoms with Gasteiger partial charge in [-0.3, -0.25) is 19.1 Å². The molecule has 0 unspecified atom stereocenters. The molecule has 1 aliphatic rings. The van der Waals surface area contributed by atoms with Crippen LogP contribution in [0.15, 0.2) is 76.7 Å². The smallest absolute Gasteiger partial charge is 0.303 e. The van der Waals surface area contributed by atoms with Gasteiger partial charge in [0.05, 0.1) is 10.6 Å². The Kier molecular flexibility index (Phi) is 7.35. The number of hydrazone groups is 1. The van der Waals surface area contributed by atoms with E-state index in [1.807, 2.05) is 6.07 Å². The quantitative estimate of drug-likeness (QED) is 0.225. The second-order valence-corrected chi connectivity index (χ2v) is 10.7. The summed E-state index contributed by atoms with van der Waals surface area (Å²) in [5.41, 5.74) is 4.82. The van der Waals surface area contributed by atoms with Gasteiger partial charge in [-0.2, -0.15) is 5.10 Å². The molecule has 4 N–H and O–H groups in total. The molecule has 3 aromatic rings. The fourth-order valence-corrected chi connectivity index (χ4v) is 4.95. The van der Waals surface area contributed by atoms with Gasteiger partial charge in [0.15, 0.2) is 5.71 Å². The van der Waals surface area contributed by atoms with E-state index < -0.39 is 27.8 Å². The Morgan fingerprint density at radius 3 is 2.36 bits per heavy atom. The van der Waals surface area contributed by atoms with Crippen LogP contribution >= 0.6 is 22.6 Å². The summed E-state index contributed by atoms with van der Waals surface area (Å²) in [5, 5.41) is 15.4. The van der Waals surface area contributed by atoms with Crippen LogP contribution in [0.4, 0.5) is 11.4 Å². The lowest BCUT2D eigenvalue weighted by molar-refractivity contribution is -0.137. The van der Waals surface area contributed by atoms with Crippen LogP contribution in [-0.4, -0.2) is 37.0 Å². The third kappa shape index (κ3) is 5.88. The number of nitrogens with zero attached hydrogens (tertiary/aromatic N) is 1. The number of anilines is 2. The van der Waals surface area contributed by atoms with Gasteiger partial charge >= 0.3 is 5.97 Å². The van der Waals surface area contributed by atoms with Gasteiger partial charge in [0.1, 0.15) is 0 Å². The number of halogens is 1. The number of carboxylic acid groups (broad SMARTS) is 1. The lowest BCUT2D eigenvalue weighted by atomic mass is 10.1. The molecular formula is C24H19IN4O6S. The topological polar surface area (TPSA) is 154 Å². The number of aryl methyl sites for hydroxylation is 1. The van der Waals surface area contributed by atoms with Crippen molar-refractivity contribution in [2.24, 2.45) is 5.10 Å². The Bertz CT molecular complexity index is 1490. The third-order valence-electron chi connectivity index (χ3n) is 5.23. The van der Waals surface area contributed by atoms with Gasteiger partial charge in [-0.15, -0.1) is 0 Å². The molecule has 184 valence electrons. The molecular weight excluding hydrogens is 599 g/mol. The summed E-state index contributed by atoms with van der Waals surface area (Å²) in [6.45, 7) is 0. The summed E-state index contributed by atoms with van der Waals surface area (Å²) in [6, 6.07) is 17.0. The van der Waals surface area contributed by atoms with Gasteiger partial charge in [-0.25, -0.2) is 13.8 Å². The summed E-state index contributed by atoms with van der Waals surface area (Å²) < 4.78 is 28.7. The van der Waals surface area contributed by atoms with E-state index >= 15 is 0 Å². The van der Waals surface area contributed by atoms with Gasteiger partial charge in [0.2, 0.25) is 0 Å². The van der Waals surface area contributed by atoms with Crippen molar-refractivity contribution >= 4 is 67.5 Å². The molecule has 0 radical (unpaired) electrons. The number of hydrogen-bond acceptors (Lipinski definition) is 6. The van der Waals surface area contributed by atoms with Gasteiger partial charge in [-0.05, 0) is 89.2 Å². The molecule has 2 amide bonds. The summed E-state index contributed by atoms with van der Waals surface area (Å²) >= 11 is 2.11. The minimum atomic E-state index is -3.89. The molecule has 4 rings (SSSR count). The minimum Gasteiger partial charge on any atom is -0.481 e. The Morgan fingerprint density at radius 2 is 1.69 bits per heavy atom. The molecule has 0 atom stereocenters. The van der Waals surface area contributed by atoms with E-state index in [0.717, 1.165) is 3.57 Å². The first-order valence-electron chi connectivity index (χ1n) is 10.6. The molecule has 10 nitrogen and oxygen atoms in total. The maximum absolute atomic E-state index is 12.7. The van der Waals surface area contributed by atoms with Crippen molar-refractivity contribution in [2.45, 2.75) is 17.7 Å². The predicted molar refractivity (Wildman–Crippen MR) is 141 cm³/mol. The van der Waals surface area contributed by atoms with E-state index in [4.69, 9.17) is 5.11 Å². The van der Waals surface area contributed by atoms with Crippen LogP contribution in [0.2, 0.25) is 0 Å². The number of carbonyl (C=O) groups is 3. The maximum atomic E-state index is 12.7. The fraction of sp³-hybridized carbons (Fsp3) is 0.0833. The van der Waals surface area contributed by atoms with E-state index in [1.54, 1.807) is 24.3 Å². The number of carbonyl (C=O) groups excluding carboxylic acids is 2. The van der Waals surface area contributed by atoms with Crippen LogP contribution in [0, 0.1) is 3.57 Å². The van der Waals surface area contributed by atoms with Gasteiger partial charge < -0.3 is 10.4 Å². The number of amides is 2. The highest BCUT2D eigenvalue weighted by Gasteiger charge is 2.26. The first-order chi connectivity index (χ1) is 17.1. The normalized spacial score (nSPS) is 13.7. The van der Waals surface area contributed by atoms with Crippen LogP contribution in [0.1, 0.15) is 27.9 Å². The molecule has 0 saturated carbocycles. The molecule has 1 heterocycles. The van der Waals surface area contributed by atoms with Crippen LogP contribution < -0.4 is 15.5 Å². The lowest BCUT2D eigenvalue weighted by Gasteiger charge is -2.09. The number of aliphatic carboxylic acids is 1. The minimum absolute atomic E-state index is 0.0176. The van der Waals surface area contributed by atoms with Crippen LogP contribution in [0.5, 0.6) is 0 Å². The zero-order chi connectivity index (χ0) is 25.9. The van der Waals surface area contributed by atoms with Crippen molar-refractivity contribution in [1.29, 1.82) is 0 Å². The number of hydrogen-bond donors (Lipinski definition) is 4. The van der Waals surface area contributed by atoms with Crippen molar-refractivity contribution in [2.75, 3.05) is 10.0 Å². The van der Waals surface area contributed by atoms with Crippen molar-refractivity contribution < 1.29 is 27.9 Å². The number of carboxylic acids is 1. The van der Waals surface area contributed by atoms with E-state index in [-0.39, 0.29) is 28.3 Å². The van der Waals surface area contributed by atoms with Gasteiger partial charge in [0, 0.05) is 26.8 Å². The van der Waals surface area contributed by atoms with E-state index in [9.17, 15) is 22.8 Å². The highest BCUT2D eigenvalue weighted by molar-refractivity contribution is 14.1. The number of rotatable bonds is 8. The zero-order valence-electron chi connectivity index (χ0n) is 18.5. The van der Waals surface area contributed by atoms with Crippen LogP contribution in [0.3, 0.4) is 0 Å². The molecule has 0 aliphatic carbocycles. The van der Waals surface area contributed by atoms with E-state index in [2.05, 4.69) is 43.2 Å². The fourth-order valence-electron chi connectivity index (χ4n) is 3.40. The lowest BCUT2D eigenvalue weighted by Crippen LogP contribution is -2.23. The Hall–Kier alpha value is -3.78. The Balaban J connectivity index is 1.41. The van der Waals surface area contributed by atoms with Gasteiger partial charge in [-0.1, -0.05) is 12.1 Å². The molecule has 0 spiro atoms.